The van der Waals surface area contributed by atoms with Gasteiger partial charge >= 0.3 is 0 Å². The smallest absolute Gasteiger partial charge is 0.0101 e. The highest BCUT2D eigenvalue weighted by Crippen LogP contribution is 2.19. The van der Waals surface area contributed by atoms with E-state index in [0.29, 0.717) is 0 Å². The maximum absolute atomic E-state index is 2.19. The summed E-state index contributed by atoms with van der Waals surface area (Å²) in [6, 6.07) is 8.54. The number of halogens is 1. The van der Waals surface area contributed by atoms with Crippen LogP contribution in [-0.2, 0) is 6.42 Å². The van der Waals surface area contributed by atoms with Crippen LogP contribution in [0.5, 0.6) is 0 Å². The molecule has 2 heteroatoms. The molecule has 0 atom stereocenters. The average Bonchev–Trinajstić information content (AvgIpc) is 2.20. The van der Waals surface area contributed by atoms with Gasteiger partial charge in [0.15, 0.2) is 0 Å². The van der Waals surface area contributed by atoms with E-state index in [-0.39, 0.29) is 24.0 Å². The Morgan fingerprint density at radius 3 is 2.08 bits per heavy atom. The predicted molar refractivity (Wildman–Crippen MR) is 74.4 cm³/mol. The maximum atomic E-state index is 2.19. The standard InChI is InChI=1S/C9H12S.C2H6.HI/c1-3-8-6-4-5-7-9(8)10-2;1-2;/h4-7H,3H2,1-2H3;1-2H3;1H. The Morgan fingerprint density at radius 1 is 1.15 bits per heavy atom. The lowest BCUT2D eigenvalue weighted by atomic mass is 10.2. The Labute approximate surface area is 104 Å². The van der Waals surface area contributed by atoms with Crippen LogP contribution in [0.4, 0.5) is 0 Å². The number of rotatable bonds is 2. The van der Waals surface area contributed by atoms with Crippen LogP contribution in [0.25, 0.3) is 0 Å². The van der Waals surface area contributed by atoms with Crippen molar-refractivity contribution in [3.63, 3.8) is 0 Å². The van der Waals surface area contributed by atoms with Crippen molar-refractivity contribution in [3.05, 3.63) is 29.8 Å². The molecule has 0 radical (unpaired) electrons. The molecule has 0 bridgehead atoms. The average molecular weight is 310 g/mol. The summed E-state index contributed by atoms with van der Waals surface area (Å²) in [5.41, 5.74) is 1.45. The monoisotopic (exact) mass is 310 g/mol. The van der Waals surface area contributed by atoms with Crippen molar-refractivity contribution >= 4 is 35.7 Å². The Hall–Kier alpha value is 0.300. The highest BCUT2D eigenvalue weighted by atomic mass is 127. The zero-order chi connectivity index (χ0) is 9.40. The first-order chi connectivity index (χ1) is 5.88. The summed E-state index contributed by atoms with van der Waals surface area (Å²) in [6.45, 7) is 6.19. The summed E-state index contributed by atoms with van der Waals surface area (Å²) >= 11 is 1.82. The Morgan fingerprint density at radius 2 is 1.69 bits per heavy atom. The van der Waals surface area contributed by atoms with Crippen LogP contribution in [0.3, 0.4) is 0 Å². The molecule has 76 valence electrons. The molecule has 0 aliphatic carbocycles. The first kappa shape index (κ1) is 15.8. The van der Waals surface area contributed by atoms with Gasteiger partial charge in [-0.05, 0) is 24.3 Å². The van der Waals surface area contributed by atoms with Gasteiger partial charge in [0, 0.05) is 4.90 Å². The first-order valence-electron chi connectivity index (χ1n) is 4.50. The number of benzene rings is 1. The molecule has 0 unspecified atom stereocenters. The lowest BCUT2D eigenvalue weighted by Crippen LogP contribution is -1.81. The summed E-state index contributed by atoms with van der Waals surface area (Å²) in [4.78, 5) is 1.41. The summed E-state index contributed by atoms with van der Waals surface area (Å²) < 4.78 is 0. The minimum Gasteiger partial charge on any atom is -0.129 e. The van der Waals surface area contributed by atoms with Crippen molar-refractivity contribution in [1.82, 2.24) is 0 Å². The SMILES string of the molecule is CC.CCc1ccccc1SC.I. The van der Waals surface area contributed by atoms with Gasteiger partial charge in [-0.25, -0.2) is 0 Å². The molecule has 0 spiro atoms. The molecular formula is C11H19IS. The van der Waals surface area contributed by atoms with Gasteiger partial charge in [-0.1, -0.05) is 39.0 Å². The van der Waals surface area contributed by atoms with Crippen molar-refractivity contribution in [1.29, 1.82) is 0 Å². The van der Waals surface area contributed by atoms with E-state index in [4.69, 9.17) is 0 Å². The van der Waals surface area contributed by atoms with Crippen LogP contribution in [0.2, 0.25) is 0 Å². The van der Waals surface area contributed by atoms with Gasteiger partial charge in [-0.2, -0.15) is 0 Å². The normalized spacial score (nSPS) is 8.00. The maximum Gasteiger partial charge on any atom is 0.0101 e. The fourth-order valence-corrected chi connectivity index (χ4v) is 1.68. The molecule has 1 aromatic carbocycles. The fourth-order valence-electron chi connectivity index (χ4n) is 0.995. The first-order valence-corrected chi connectivity index (χ1v) is 5.73. The van der Waals surface area contributed by atoms with Gasteiger partial charge < -0.3 is 0 Å². The molecule has 0 heterocycles. The predicted octanol–water partition coefficient (Wildman–Crippen LogP) is 4.62. The summed E-state index contributed by atoms with van der Waals surface area (Å²) in [5, 5.41) is 0. The van der Waals surface area contributed by atoms with E-state index in [0.717, 1.165) is 6.42 Å². The van der Waals surface area contributed by atoms with E-state index < -0.39 is 0 Å². The molecule has 0 aromatic heterocycles. The molecule has 0 saturated heterocycles. The van der Waals surface area contributed by atoms with E-state index in [1.807, 2.05) is 25.6 Å². The van der Waals surface area contributed by atoms with Gasteiger partial charge in [-0.3, -0.25) is 0 Å². The molecule has 13 heavy (non-hydrogen) atoms. The van der Waals surface area contributed by atoms with Crippen LogP contribution in [0.1, 0.15) is 26.3 Å². The van der Waals surface area contributed by atoms with Crippen molar-refractivity contribution in [3.8, 4) is 0 Å². The van der Waals surface area contributed by atoms with Gasteiger partial charge in [-0.15, -0.1) is 35.7 Å². The van der Waals surface area contributed by atoms with E-state index >= 15 is 0 Å². The highest BCUT2D eigenvalue weighted by Gasteiger charge is 1.94. The molecule has 0 N–H and O–H groups in total. The van der Waals surface area contributed by atoms with Crippen molar-refractivity contribution in [2.24, 2.45) is 0 Å². The van der Waals surface area contributed by atoms with Crippen molar-refractivity contribution < 1.29 is 0 Å². The van der Waals surface area contributed by atoms with E-state index in [1.54, 1.807) is 0 Å². The second-order valence-electron chi connectivity index (χ2n) is 2.17. The summed E-state index contributed by atoms with van der Waals surface area (Å²) in [7, 11) is 0. The van der Waals surface area contributed by atoms with Gasteiger partial charge in [0.25, 0.3) is 0 Å². The number of thioether (sulfide) groups is 1. The van der Waals surface area contributed by atoms with E-state index in [1.165, 1.54) is 10.5 Å². The molecular weight excluding hydrogens is 291 g/mol. The topological polar surface area (TPSA) is 0 Å². The highest BCUT2D eigenvalue weighted by molar-refractivity contribution is 14.0. The largest absolute Gasteiger partial charge is 0.129 e. The minimum atomic E-state index is 0. The van der Waals surface area contributed by atoms with Gasteiger partial charge in [0.05, 0.1) is 0 Å². The van der Waals surface area contributed by atoms with Gasteiger partial charge in [0.2, 0.25) is 0 Å². The molecule has 1 aromatic rings. The molecule has 0 amide bonds. The van der Waals surface area contributed by atoms with Crippen LogP contribution in [0, 0.1) is 0 Å². The third-order valence-corrected chi connectivity index (χ3v) is 2.41. The molecule has 0 fully saturated rings. The Bertz CT molecular complexity index is 188. The number of aryl methyl sites for hydroxylation is 1. The second-order valence-corrected chi connectivity index (χ2v) is 3.01. The van der Waals surface area contributed by atoms with Crippen molar-refractivity contribution in [2.75, 3.05) is 6.26 Å². The number of hydrogen-bond donors (Lipinski definition) is 0. The lowest BCUT2D eigenvalue weighted by molar-refractivity contribution is 1.08. The second kappa shape index (κ2) is 10.4. The van der Waals surface area contributed by atoms with Crippen LogP contribution in [-0.4, -0.2) is 6.26 Å². The zero-order valence-electron chi connectivity index (χ0n) is 8.83. The number of hydrogen-bond acceptors (Lipinski definition) is 1. The quantitative estimate of drug-likeness (QED) is 0.567. The molecule has 0 aliphatic heterocycles. The lowest BCUT2D eigenvalue weighted by Gasteiger charge is -2.01. The zero-order valence-corrected chi connectivity index (χ0v) is 12.0. The molecule has 0 aliphatic rings. The third-order valence-electron chi connectivity index (χ3n) is 1.57. The van der Waals surface area contributed by atoms with Gasteiger partial charge in [0.1, 0.15) is 0 Å². The van der Waals surface area contributed by atoms with Crippen LogP contribution >= 0.6 is 35.7 Å². The summed E-state index contributed by atoms with van der Waals surface area (Å²) in [6.07, 6.45) is 3.26. The van der Waals surface area contributed by atoms with Crippen LogP contribution in [0.15, 0.2) is 29.2 Å². The third kappa shape index (κ3) is 5.57. The van der Waals surface area contributed by atoms with E-state index in [9.17, 15) is 0 Å². The summed E-state index contributed by atoms with van der Waals surface area (Å²) in [5.74, 6) is 0. The van der Waals surface area contributed by atoms with Crippen LogP contribution < -0.4 is 0 Å². The molecule has 1 rings (SSSR count). The Balaban J connectivity index is 0. The van der Waals surface area contributed by atoms with E-state index in [2.05, 4.69) is 37.4 Å². The molecule has 0 saturated carbocycles. The fraction of sp³-hybridized carbons (Fsp3) is 0.455. The minimum absolute atomic E-state index is 0. The van der Waals surface area contributed by atoms with Crippen molar-refractivity contribution in [2.45, 2.75) is 32.1 Å². The Kier molecular flexibility index (Phi) is 12.6. The molecule has 0 nitrogen and oxygen atoms in total.